The molecule has 0 aliphatic carbocycles. The lowest BCUT2D eigenvalue weighted by Crippen LogP contribution is -2.40. The van der Waals surface area contributed by atoms with E-state index in [4.69, 9.17) is 10.5 Å². The molecule has 1 saturated heterocycles. The molecule has 0 bridgehead atoms. The third-order valence-electron chi connectivity index (χ3n) is 3.31. The van der Waals surface area contributed by atoms with Gasteiger partial charge in [-0.3, -0.25) is 0 Å². The Kier molecular flexibility index (Phi) is 4.08. The standard InChI is InChI=1S/C11H18N2O3S2/c1-8-11(3-4-16-8)13(2)18(14,15)10-5-9(6-12)17-7-10/h5,7-8,11H,3-4,6,12H2,1-2H3. The second kappa shape index (κ2) is 5.26. The topological polar surface area (TPSA) is 72.6 Å². The number of ether oxygens (including phenoxy) is 1. The zero-order valence-corrected chi connectivity index (χ0v) is 12.1. The smallest absolute Gasteiger partial charge is 0.243 e. The first-order valence-electron chi connectivity index (χ1n) is 5.84. The minimum atomic E-state index is -3.44. The summed E-state index contributed by atoms with van der Waals surface area (Å²) in [5, 5.41) is 1.65. The maximum atomic E-state index is 12.4. The maximum absolute atomic E-state index is 12.4. The number of nitrogens with two attached hydrogens (primary N) is 1. The molecule has 0 aromatic carbocycles. The van der Waals surface area contributed by atoms with Gasteiger partial charge >= 0.3 is 0 Å². The molecule has 2 atom stereocenters. The molecule has 102 valence electrons. The molecular weight excluding hydrogens is 272 g/mol. The van der Waals surface area contributed by atoms with Crippen molar-refractivity contribution in [2.24, 2.45) is 5.73 Å². The molecule has 2 N–H and O–H groups in total. The van der Waals surface area contributed by atoms with Crippen LogP contribution in [0.2, 0.25) is 0 Å². The fraction of sp³-hybridized carbons (Fsp3) is 0.636. The van der Waals surface area contributed by atoms with Crippen molar-refractivity contribution < 1.29 is 13.2 Å². The van der Waals surface area contributed by atoms with Gasteiger partial charge < -0.3 is 10.5 Å². The Hall–Kier alpha value is -0.470. The van der Waals surface area contributed by atoms with Crippen LogP contribution in [0, 0.1) is 0 Å². The number of likely N-dealkylation sites (N-methyl/N-ethyl adjacent to an activating group) is 1. The predicted octanol–water partition coefficient (Wildman–Crippen LogP) is 1.00. The molecule has 1 aliphatic heterocycles. The first-order chi connectivity index (χ1) is 8.46. The summed E-state index contributed by atoms with van der Waals surface area (Å²) < 4.78 is 31.7. The van der Waals surface area contributed by atoms with Crippen LogP contribution in [-0.4, -0.2) is 38.5 Å². The molecule has 2 rings (SSSR count). The maximum Gasteiger partial charge on any atom is 0.243 e. The lowest BCUT2D eigenvalue weighted by Gasteiger charge is -2.25. The molecule has 1 fully saturated rings. The van der Waals surface area contributed by atoms with E-state index in [1.54, 1.807) is 18.5 Å². The molecule has 0 spiro atoms. The molecule has 1 aliphatic rings. The van der Waals surface area contributed by atoms with Crippen LogP contribution in [0.1, 0.15) is 18.2 Å². The van der Waals surface area contributed by atoms with Gasteiger partial charge in [0, 0.05) is 30.5 Å². The molecule has 0 saturated carbocycles. The van der Waals surface area contributed by atoms with Crippen LogP contribution in [0.3, 0.4) is 0 Å². The van der Waals surface area contributed by atoms with Crippen molar-refractivity contribution in [3.05, 3.63) is 16.3 Å². The van der Waals surface area contributed by atoms with Crippen LogP contribution in [0.15, 0.2) is 16.3 Å². The fourth-order valence-corrected chi connectivity index (χ4v) is 4.73. The van der Waals surface area contributed by atoms with E-state index in [1.807, 2.05) is 6.92 Å². The zero-order valence-electron chi connectivity index (χ0n) is 10.5. The van der Waals surface area contributed by atoms with Crippen LogP contribution in [0.25, 0.3) is 0 Å². The lowest BCUT2D eigenvalue weighted by molar-refractivity contribution is 0.102. The van der Waals surface area contributed by atoms with Gasteiger partial charge in [0.2, 0.25) is 10.0 Å². The Bertz CT molecular complexity index is 512. The van der Waals surface area contributed by atoms with E-state index >= 15 is 0 Å². The third-order valence-corrected chi connectivity index (χ3v) is 6.28. The Morgan fingerprint density at radius 1 is 1.61 bits per heavy atom. The van der Waals surface area contributed by atoms with Crippen molar-refractivity contribution in [3.63, 3.8) is 0 Å². The molecule has 0 amide bonds. The summed E-state index contributed by atoms with van der Waals surface area (Å²) in [6.07, 6.45) is 0.683. The summed E-state index contributed by atoms with van der Waals surface area (Å²) in [4.78, 5) is 1.20. The summed E-state index contributed by atoms with van der Waals surface area (Å²) in [5.74, 6) is 0. The molecule has 18 heavy (non-hydrogen) atoms. The van der Waals surface area contributed by atoms with Gasteiger partial charge in [0.15, 0.2) is 0 Å². The first kappa shape index (κ1) is 14.0. The quantitative estimate of drug-likeness (QED) is 0.898. The Morgan fingerprint density at radius 2 is 2.33 bits per heavy atom. The van der Waals surface area contributed by atoms with Gasteiger partial charge in [0.05, 0.1) is 17.0 Å². The second-order valence-corrected chi connectivity index (χ2v) is 7.40. The summed E-state index contributed by atoms with van der Waals surface area (Å²) in [7, 11) is -1.82. The average Bonchev–Trinajstić information content (AvgIpc) is 2.96. The summed E-state index contributed by atoms with van der Waals surface area (Å²) in [6, 6.07) is 1.56. The van der Waals surface area contributed by atoms with Gasteiger partial charge in [-0.15, -0.1) is 11.3 Å². The average molecular weight is 290 g/mol. The van der Waals surface area contributed by atoms with E-state index in [1.165, 1.54) is 15.6 Å². The molecule has 0 radical (unpaired) electrons. The largest absolute Gasteiger partial charge is 0.377 e. The summed E-state index contributed by atoms with van der Waals surface area (Å²) in [5.41, 5.74) is 5.51. The van der Waals surface area contributed by atoms with Gasteiger partial charge in [-0.2, -0.15) is 4.31 Å². The molecule has 5 nitrogen and oxygen atoms in total. The van der Waals surface area contributed by atoms with Crippen LogP contribution in [0.4, 0.5) is 0 Å². The molecule has 1 aromatic heterocycles. The number of thiophene rings is 1. The first-order valence-corrected chi connectivity index (χ1v) is 8.16. The van der Waals surface area contributed by atoms with Crippen LogP contribution in [-0.2, 0) is 21.3 Å². The predicted molar refractivity (Wildman–Crippen MR) is 71.0 cm³/mol. The Balaban J connectivity index is 2.24. The van der Waals surface area contributed by atoms with E-state index < -0.39 is 10.0 Å². The molecule has 2 unspecified atom stereocenters. The number of nitrogens with zero attached hydrogens (tertiary/aromatic N) is 1. The van der Waals surface area contributed by atoms with Gasteiger partial charge in [-0.25, -0.2) is 8.42 Å². The second-order valence-electron chi connectivity index (χ2n) is 4.41. The third kappa shape index (κ3) is 2.46. The van der Waals surface area contributed by atoms with Crippen LogP contribution >= 0.6 is 11.3 Å². The molecule has 7 heteroatoms. The molecular formula is C11H18N2O3S2. The minimum absolute atomic E-state index is 0.0580. The van der Waals surface area contributed by atoms with Gasteiger partial charge in [-0.1, -0.05) is 0 Å². The van der Waals surface area contributed by atoms with E-state index in [9.17, 15) is 8.42 Å². The fourth-order valence-electron chi connectivity index (χ4n) is 2.15. The van der Waals surface area contributed by atoms with Crippen molar-refractivity contribution >= 4 is 21.4 Å². The van der Waals surface area contributed by atoms with Gasteiger partial charge in [0.1, 0.15) is 0 Å². The van der Waals surface area contributed by atoms with Crippen molar-refractivity contribution in [1.29, 1.82) is 0 Å². The molecule has 1 aromatic rings. The van der Waals surface area contributed by atoms with Gasteiger partial charge in [-0.05, 0) is 19.4 Å². The Labute approximate surface area is 112 Å². The Morgan fingerprint density at radius 3 is 2.83 bits per heavy atom. The van der Waals surface area contributed by atoms with E-state index in [2.05, 4.69) is 0 Å². The zero-order chi connectivity index (χ0) is 13.3. The number of sulfonamides is 1. The highest BCUT2D eigenvalue weighted by atomic mass is 32.2. The number of hydrogen-bond acceptors (Lipinski definition) is 5. The number of rotatable bonds is 4. The van der Waals surface area contributed by atoms with Crippen molar-refractivity contribution in [2.75, 3.05) is 13.7 Å². The highest BCUT2D eigenvalue weighted by Gasteiger charge is 2.35. The van der Waals surface area contributed by atoms with Gasteiger partial charge in [0.25, 0.3) is 0 Å². The van der Waals surface area contributed by atoms with E-state index in [0.717, 1.165) is 11.3 Å². The van der Waals surface area contributed by atoms with Crippen molar-refractivity contribution in [1.82, 2.24) is 4.31 Å². The molecule has 2 heterocycles. The number of hydrogen-bond donors (Lipinski definition) is 1. The highest BCUT2D eigenvalue weighted by molar-refractivity contribution is 7.89. The van der Waals surface area contributed by atoms with Crippen LogP contribution < -0.4 is 5.73 Å². The van der Waals surface area contributed by atoms with Crippen molar-refractivity contribution in [2.45, 2.75) is 36.9 Å². The highest BCUT2D eigenvalue weighted by Crippen LogP contribution is 2.27. The summed E-state index contributed by atoms with van der Waals surface area (Å²) in [6.45, 7) is 2.89. The lowest BCUT2D eigenvalue weighted by atomic mass is 10.2. The SMILES string of the molecule is CC1OCCC1N(C)S(=O)(=O)c1csc(CN)c1. The van der Waals surface area contributed by atoms with Crippen molar-refractivity contribution in [3.8, 4) is 0 Å². The van der Waals surface area contributed by atoms with E-state index in [0.29, 0.717) is 18.0 Å². The van der Waals surface area contributed by atoms with E-state index in [-0.39, 0.29) is 12.1 Å². The van der Waals surface area contributed by atoms with Crippen LogP contribution in [0.5, 0.6) is 0 Å². The monoisotopic (exact) mass is 290 g/mol. The normalized spacial score (nSPS) is 24.9. The minimum Gasteiger partial charge on any atom is -0.377 e. The summed E-state index contributed by atoms with van der Waals surface area (Å²) >= 11 is 1.38.